The van der Waals surface area contributed by atoms with Gasteiger partial charge in [0.1, 0.15) is 18.0 Å². The summed E-state index contributed by atoms with van der Waals surface area (Å²) < 4.78 is 13.0. The molecule has 0 unspecified atom stereocenters. The van der Waals surface area contributed by atoms with Gasteiger partial charge in [-0.1, -0.05) is 19.8 Å². The fourth-order valence-electron chi connectivity index (χ4n) is 2.68. The van der Waals surface area contributed by atoms with Gasteiger partial charge in [-0.15, -0.1) is 0 Å². The second-order valence-corrected chi connectivity index (χ2v) is 5.82. The molecule has 0 aliphatic rings. The van der Waals surface area contributed by atoms with Crippen LogP contribution in [0.4, 0.5) is 0 Å². The molecule has 1 aromatic carbocycles. The fraction of sp³-hybridized carbons (Fsp3) is 0.381. The summed E-state index contributed by atoms with van der Waals surface area (Å²) in [5, 5.41) is 0. The molecule has 0 atom stereocenters. The van der Waals surface area contributed by atoms with Crippen LogP contribution in [0.5, 0.6) is 11.5 Å². The minimum absolute atomic E-state index is 0. The van der Waals surface area contributed by atoms with Gasteiger partial charge in [-0.25, -0.2) is 0 Å². The van der Waals surface area contributed by atoms with Crippen molar-refractivity contribution in [2.75, 3.05) is 14.2 Å². The molecule has 0 aliphatic carbocycles. The van der Waals surface area contributed by atoms with Gasteiger partial charge in [-0.3, -0.25) is 0 Å². The smallest absolute Gasteiger partial charge is 0.205 e. The van der Waals surface area contributed by atoms with Crippen LogP contribution >= 0.6 is 0 Å². The Morgan fingerprint density at radius 1 is 0.960 bits per heavy atom. The summed E-state index contributed by atoms with van der Waals surface area (Å²) in [4.78, 5) is 0. The van der Waals surface area contributed by atoms with E-state index >= 15 is 0 Å². The van der Waals surface area contributed by atoms with Gasteiger partial charge in [0.05, 0.1) is 14.2 Å². The molecule has 0 saturated carbocycles. The minimum atomic E-state index is 0. The van der Waals surface area contributed by atoms with Gasteiger partial charge in [0.2, 0.25) is 5.69 Å². The van der Waals surface area contributed by atoms with Crippen LogP contribution in [0.25, 0.3) is 12.2 Å². The SMILES string of the molecule is CCCCCC[n+]1ccccc1/C=C/c1ccc(OC)cc1OC.[I-]. The molecule has 0 spiro atoms. The number of aromatic nitrogens is 1. The Morgan fingerprint density at radius 2 is 1.80 bits per heavy atom. The first kappa shape index (κ1) is 21.5. The number of halogens is 1. The van der Waals surface area contributed by atoms with E-state index in [2.05, 4.69) is 48.0 Å². The molecule has 0 aliphatic heterocycles. The highest BCUT2D eigenvalue weighted by atomic mass is 127. The lowest BCUT2D eigenvalue weighted by molar-refractivity contribution is -0.699. The van der Waals surface area contributed by atoms with Gasteiger partial charge >= 0.3 is 0 Å². The van der Waals surface area contributed by atoms with Crippen molar-refractivity contribution in [2.24, 2.45) is 0 Å². The molecule has 1 heterocycles. The van der Waals surface area contributed by atoms with E-state index in [4.69, 9.17) is 9.47 Å². The lowest BCUT2D eigenvalue weighted by atomic mass is 10.1. The first-order valence-electron chi connectivity index (χ1n) is 8.67. The predicted octanol–water partition coefficient (Wildman–Crippen LogP) is 1.75. The summed E-state index contributed by atoms with van der Waals surface area (Å²) in [5.41, 5.74) is 2.24. The van der Waals surface area contributed by atoms with Crippen molar-refractivity contribution in [2.45, 2.75) is 39.2 Å². The van der Waals surface area contributed by atoms with Gasteiger partial charge in [0, 0.05) is 36.3 Å². The van der Waals surface area contributed by atoms with E-state index in [1.807, 2.05) is 18.2 Å². The number of rotatable bonds is 9. The lowest BCUT2D eigenvalue weighted by Crippen LogP contribution is -3.00. The average molecular weight is 453 g/mol. The molecule has 3 nitrogen and oxygen atoms in total. The Morgan fingerprint density at radius 3 is 2.52 bits per heavy atom. The van der Waals surface area contributed by atoms with Crippen LogP contribution in [-0.2, 0) is 6.54 Å². The summed E-state index contributed by atoms with van der Waals surface area (Å²) in [7, 11) is 3.35. The summed E-state index contributed by atoms with van der Waals surface area (Å²) in [6.45, 7) is 3.30. The number of methoxy groups -OCH3 is 2. The Balaban J connectivity index is 0.00000312. The van der Waals surface area contributed by atoms with E-state index in [-0.39, 0.29) is 24.0 Å². The van der Waals surface area contributed by atoms with Crippen molar-refractivity contribution in [3.63, 3.8) is 0 Å². The third-order valence-corrected chi connectivity index (χ3v) is 4.10. The fourth-order valence-corrected chi connectivity index (χ4v) is 2.68. The van der Waals surface area contributed by atoms with Crippen LogP contribution in [0.2, 0.25) is 0 Å². The molecular formula is C21H28INO2. The molecule has 2 rings (SSSR count). The quantitative estimate of drug-likeness (QED) is 0.328. The zero-order valence-corrected chi connectivity index (χ0v) is 17.5. The summed E-state index contributed by atoms with van der Waals surface area (Å²) in [6.07, 6.45) is 11.5. The number of nitrogens with zero attached hydrogens (tertiary/aromatic N) is 1. The van der Waals surface area contributed by atoms with E-state index in [1.165, 1.54) is 31.4 Å². The molecule has 0 radical (unpaired) electrons. The van der Waals surface area contributed by atoms with E-state index in [0.717, 1.165) is 23.6 Å². The number of benzene rings is 1. The van der Waals surface area contributed by atoms with Crippen molar-refractivity contribution in [1.29, 1.82) is 0 Å². The molecule has 0 amide bonds. The van der Waals surface area contributed by atoms with E-state index < -0.39 is 0 Å². The van der Waals surface area contributed by atoms with Gasteiger partial charge in [-0.2, -0.15) is 4.57 Å². The van der Waals surface area contributed by atoms with Crippen LogP contribution in [-0.4, -0.2) is 14.2 Å². The van der Waals surface area contributed by atoms with Crippen molar-refractivity contribution >= 4 is 12.2 Å². The number of pyridine rings is 1. The number of hydrogen-bond acceptors (Lipinski definition) is 2. The van der Waals surface area contributed by atoms with Crippen LogP contribution in [0.3, 0.4) is 0 Å². The Labute approximate surface area is 168 Å². The second-order valence-electron chi connectivity index (χ2n) is 5.82. The largest absolute Gasteiger partial charge is 1.00 e. The first-order valence-corrected chi connectivity index (χ1v) is 8.67. The number of unbranched alkanes of at least 4 members (excludes halogenated alkanes) is 3. The van der Waals surface area contributed by atoms with Gasteiger partial charge in [0.15, 0.2) is 6.20 Å². The normalized spacial score (nSPS) is 10.5. The molecule has 1 aromatic heterocycles. The average Bonchev–Trinajstić information content (AvgIpc) is 2.64. The number of ether oxygens (including phenoxy) is 2. The number of hydrogen-bond donors (Lipinski definition) is 0. The highest BCUT2D eigenvalue weighted by Gasteiger charge is 2.07. The van der Waals surface area contributed by atoms with Gasteiger partial charge in [-0.05, 0) is 30.7 Å². The zero-order chi connectivity index (χ0) is 17.2. The highest BCUT2D eigenvalue weighted by molar-refractivity contribution is 5.71. The molecule has 136 valence electrons. The standard InChI is InChI=1S/C21H28NO2.HI/c1-4-5-6-8-15-22-16-9-7-10-19(22)13-11-18-12-14-20(23-2)17-21(18)24-3;/h7,9-14,16-17H,4-6,8,15H2,1-3H3;1H/q+1;/p-1/b13-11+;. The maximum absolute atomic E-state index is 5.46. The van der Waals surface area contributed by atoms with Crippen LogP contribution in [0.15, 0.2) is 42.6 Å². The Bertz CT molecular complexity index is 671. The highest BCUT2D eigenvalue weighted by Crippen LogP contribution is 2.26. The van der Waals surface area contributed by atoms with E-state index in [0.29, 0.717) is 0 Å². The minimum Gasteiger partial charge on any atom is -1.00 e. The zero-order valence-electron chi connectivity index (χ0n) is 15.4. The van der Waals surface area contributed by atoms with Crippen LogP contribution in [0, 0.1) is 0 Å². The molecule has 4 heteroatoms. The van der Waals surface area contributed by atoms with Crippen molar-refractivity contribution < 1.29 is 38.0 Å². The molecule has 2 aromatic rings. The van der Waals surface area contributed by atoms with Gasteiger partial charge in [0.25, 0.3) is 0 Å². The number of aryl methyl sites for hydroxylation is 1. The Kier molecular flexibility index (Phi) is 10.2. The maximum atomic E-state index is 5.46. The van der Waals surface area contributed by atoms with Crippen LogP contribution in [0.1, 0.15) is 43.9 Å². The summed E-state index contributed by atoms with van der Waals surface area (Å²) in [6, 6.07) is 12.2. The monoisotopic (exact) mass is 453 g/mol. The Hall–Kier alpha value is -1.56. The molecule has 0 saturated heterocycles. The van der Waals surface area contributed by atoms with Gasteiger partial charge < -0.3 is 33.5 Å². The lowest BCUT2D eigenvalue weighted by Gasteiger charge is -2.07. The summed E-state index contributed by atoms with van der Waals surface area (Å²) >= 11 is 0. The van der Waals surface area contributed by atoms with E-state index in [9.17, 15) is 0 Å². The molecule has 0 fully saturated rings. The van der Waals surface area contributed by atoms with Crippen LogP contribution < -0.4 is 38.0 Å². The van der Waals surface area contributed by atoms with Crippen molar-refractivity contribution in [1.82, 2.24) is 0 Å². The third-order valence-electron chi connectivity index (χ3n) is 4.10. The second kappa shape index (κ2) is 11.9. The van der Waals surface area contributed by atoms with Crippen molar-refractivity contribution in [3.05, 3.63) is 53.9 Å². The van der Waals surface area contributed by atoms with E-state index in [1.54, 1.807) is 14.2 Å². The third kappa shape index (κ3) is 6.69. The molecular weight excluding hydrogens is 425 g/mol. The van der Waals surface area contributed by atoms with Crippen molar-refractivity contribution in [3.8, 4) is 11.5 Å². The first-order chi connectivity index (χ1) is 11.8. The molecule has 0 N–H and O–H groups in total. The predicted molar refractivity (Wildman–Crippen MR) is 99.3 cm³/mol. The molecule has 0 bridgehead atoms. The maximum Gasteiger partial charge on any atom is 0.205 e. The summed E-state index contributed by atoms with van der Waals surface area (Å²) in [5.74, 6) is 1.62. The molecule has 25 heavy (non-hydrogen) atoms. The topological polar surface area (TPSA) is 22.3 Å².